The molecule has 0 unspecified atom stereocenters. The number of hydrogen-bond donors (Lipinski definition) is 2. The number of nitrogens with zero attached hydrogens (tertiary/aromatic N) is 1. The predicted octanol–water partition coefficient (Wildman–Crippen LogP) is 3.58. The second kappa shape index (κ2) is 8.45. The van der Waals surface area contributed by atoms with Crippen LogP contribution in [-0.4, -0.2) is 48.3 Å². The lowest BCUT2D eigenvalue weighted by atomic mass is 10.2. The molecule has 0 spiro atoms. The van der Waals surface area contributed by atoms with Crippen molar-refractivity contribution in [2.24, 2.45) is 0 Å². The highest BCUT2D eigenvalue weighted by Gasteiger charge is 2.20. The van der Waals surface area contributed by atoms with Gasteiger partial charge in [-0.2, -0.15) is 0 Å². The van der Waals surface area contributed by atoms with Crippen LogP contribution in [0.2, 0.25) is 0 Å². The normalized spacial score (nSPS) is 10.8. The van der Waals surface area contributed by atoms with Crippen molar-refractivity contribution < 1.29 is 19.4 Å². The van der Waals surface area contributed by atoms with Gasteiger partial charge in [-0.1, -0.05) is 12.1 Å². The summed E-state index contributed by atoms with van der Waals surface area (Å²) in [6, 6.07) is 13.0. The van der Waals surface area contributed by atoms with Crippen LogP contribution in [0.1, 0.15) is 16.1 Å². The highest BCUT2D eigenvalue weighted by Crippen LogP contribution is 2.32. The predicted molar refractivity (Wildman–Crippen MR) is 107 cm³/mol. The van der Waals surface area contributed by atoms with Crippen LogP contribution >= 0.6 is 15.9 Å². The smallest absolute Gasteiger partial charge is 0.270 e. The molecule has 0 aliphatic heterocycles. The van der Waals surface area contributed by atoms with Gasteiger partial charge >= 0.3 is 0 Å². The Morgan fingerprint density at radius 1 is 1.15 bits per heavy atom. The number of hydrogen-bond acceptors (Lipinski definition) is 4. The molecule has 6 nitrogen and oxygen atoms in total. The highest BCUT2D eigenvalue weighted by molar-refractivity contribution is 9.10. The number of aliphatic hydroxyl groups is 1. The second-order valence-electron chi connectivity index (χ2n) is 6.02. The zero-order chi connectivity index (χ0) is 19.4. The van der Waals surface area contributed by atoms with Gasteiger partial charge in [0.05, 0.1) is 26.3 Å². The van der Waals surface area contributed by atoms with Crippen LogP contribution in [-0.2, 0) is 6.54 Å². The summed E-state index contributed by atoms with van der Waals surface area (Å²) < 4.78 is 11.4. The third-order valence-corrected chi connectivity index (χ3v) is 5.00. The molecule has 2 N–H and O–H groups in total. The molecule has 1 amide bonds. The fraction of sp³-hybridized carbons (Fsp3) is 0.250. The van der Waals surface area contributed by atoms with E-state index in [2.05, 4.69) is 20.9 Å². The Labute approximate surface area is 165 Å². The van der Waals surface area contributed by atoms with Gasteiger partial charge in [0.1, 0.15) is 17.2 Å². The number of nitrogens with one attached hydrogen (secondary N) is 1. The average molecular weight is 433 g/mol. The summed E-state index contributed by atoms with van der Waals surface area (Å²) in [5.41, 5.74) is 2.19. The van der Waals surface area contributed by atoms with Crippen molar-refractivity contribution in [1.82, 2.24) is 9.88 Å². The van der Waals surface area contributed by atoms with Gasteiger partial charge in [-0.3, -0.25) is 4.79 Å². The van der Waals surface area contributed by atoms with Crippen molar-refractivity contribution in [2.45, 2.75) is 6.54 Å². The van der Waals surface area contributed by atoms with E-state index in [1.54, 1.807) is 25.2 Å². The minimum Gasteiger partial charge on any atom is -0.497 e. The molecule has 2 aromatic carbocycles. The van der Waals surface area contributed by atoms with Gasteiger partial charge in [0.15, 0.2) is 0 Å². The molecule has 0 aliphatic rings. The van der Waals surface area contributed by atoms with Crippen LogP contribution in [0.5, 0.6) is 11.5 Å². The molecule has 3 rings (SSSR count). The Morgan fingerprint density at radius 2 is 1.89 bits per heavy atom. The lowest BCUT2D eigenvalue weighted by molar-refractivity contribution is 0.0703. The van der Waals surface area contributed by atoms with Crippen LogP contribution in [0.15, 0.2) is 46.9 Å². The van der Waals surface area contributed by atoms with E-state index in [1.807, 2.05) is 36.4 Å². The fourth-order valence-electron chi connectivity index (χ4n) is 2.95. The average Bonchev–Trinajstić information content (AvgIpc) is 3.14. The molecule has 3 aromatic rings. The minimum atomic E-state index is -0.190. The maximum absolute atomic E-state index is 13.0. The lowest BCUT2D eigenvalue weighted by Crippen LogP contribution is -2.33. The minimum absolute atomic E-state index is 0.116. The van der Waals surface area contributed by atoms with E-state index in [4.69, 9.17) is 9.47 Å². The molecule has 0 bridgehead atoms. The number of amides is 1. The van der Waals surface area contributed by atoms with Crippen LogP contribution in [0.3, 0.4) is 0 Å². The third-order valence-electron chi connectivity index (χ3n) is 4.34. The fourth-order valence-corrected chi connectivity index (χ4v) is 3.39. The van der Waals surface area contributed by atoms with Gasteiger partial charge in [0.25, 0.3) is 5.91 Å². The molecule has 1 heterocycles. The zero-order valence-electron chi connectivity index (χ0n) is 15.2. The van der Waals surface area contributed by atoms with Crippen molar-refractivity contribution in [1.29, 1.82) is 0 Å². The standard InChI is InChI=1S/C20H21BrN2O4/c1-26-14-5-3-13(4-6-14)12-23(9-10-24)20(25)17-11-15-18(27-2)8-7-16(21)19(15)22-17/h3-8,11,22,24H,9-10,12H2,1-2H3. The van der Waals surface area contributed by atoms with Gasteiger partial charge in [0, 0.05) is 22.9 Å². The largest absolute Gasteiger partial charge is 0.497 e. The summed E-state index contributed by atoms with van der Waals surface area (Å²) >= 11 is 3.49. The molecule has 7 heteroatoms. The Morgan fingerprint density at radius 3 is 2.52 bits per heavy atom. The topological polar surface area (TPSA) is 74.8 Å². The summed E-state index contributed by atoms with van der Waals surface area (Å²) in [6.07, 6.45) is 0. The number of aliphatic hydroxyl groups excluding tert-OH is 1. The maximum Gasteiger partial charge on any atom is 0.270 e. The van der Waals surface area contributed by atoms with Gasteiger partial charge in [-0.15, -0.1) is 0 Å². The van der Waals surface area contributed by atoms with E-state index in [0.717, 1.165) is 26.7 Å². The number of halogens is 1. The Balaban J connectivity index is 1.90. The van der Waals surface area contributed by atoms with Crippen molar-refractivity contribution >= 4 is 32.7 Å². The lowest BCUT2D eigenvalue weighted by Gasteiger charge is -2.21. The Hall–Kier alpha value is -2.51. The summed E-state index contributed by atoms with van der Waals surface area (Å²) in [5, 5.41) is 10.2. The molecule has 1 aromatic heterocycles. The van der Waals surface area contributed by atoms with Gasteiger partial charge in [0.2, 0.25) is 0 Å². The molecule has 0 radical (unpaired) electrons. The first-order chi connectivity index (χ1) is 13.1. The molecular formula is C20H21BrN2O4. The molecule has 0 saturated heterocycles. The number of aromatic amines is 1. The zero-order valence-corrected chi connectivity index (χ0v) is 16.7. The SMILES string of the molecule is COc1ccc(CN(CCO)C(=O)c2cc3c(OC)ccc(Br)c3[nH]2)cc1. The van der Waals surface area contributed by atoms with E-state index in [9.17, 15) is 9.90 Å². The van der Waals surface area contributed by atoms with E-state index in [0.29, 0.717) is 18.0 Å². The first-order valence-electron chi connectivity index (χ1n) is 8.45. The van der Waals surface area contributed by atoms with Crippen LogP contribution in [0, 0.1) is 0 Å². The molecular weight excluding hydrogens is 412 g/mol. The van der Waals surface area contributed by atoms with E-state index >= 15 is 0 Å². The third kappa shape index (κ3) is 4.09. The van der Waals surface area contributed by atoms with E-state index in [-0.39, 0.29) is 19.1 Å². The summed E-state index contributed by atoms with van der Waals surface area (Å²) in [6.45, 7) is 0.505. The number of carbonyl (C=O) groups excluding carboxylic acids is 1. The maximum atomic E-state index is 13.0. The first-order valence-corrected chi connectivity index (χ1v) is 9.25. The number of benzene rings is 2. The van der Waals surface area contributed by atoms with Crippen molar-refractivity contribution in [3.05, 3.63) is 58.2 Å². The highest BCUT2D eigenvalue weighted by atomic mass is 79.9. The molecule has 0 atom stereocenters. The number of fused-ring (bicyclic) bond motifs is 1. The number of carbonyl (C=O) groups is 1. The van der Waals surface area contributed by atoms with Gasteiger partial charge in [-0.25, -0.2) is 0 Å². The molecule has 0 fully saturated rings. The molecule has 0 saturated carbocycles. The van der Waals surface area contributed by atoms with Crippen LogP contribution in [0.4, 0.5) is 0 Å². The Kier molecular flexibility index (Phi) is 6.03. The molecule has 0 aliphatic carbocycles. The van der Waals surface area contributed by atoms with Crippen molar-refractivity contribution in [2.75, 3.05) is 27.4 Å². The van der Waals surface area contributed by atoms with Crippen molar-refractivity contribution in [3.8, 4) is 11.5 Å². The van der Waals surface area contributed by atoms with Crippen LogP contribution in [0.25, 0.3) is 10.9 Å². The van der Waals surface area contributed by atoms with Gasteiger partial charge in [-0.05, 0) is 51.8 Å². The van der Waals surface area contributed by atoms with Gasteiger partial charge < -0.3 is 24.5 Å². The molecule has 142 valence electrons. The summed E-state index contributed by atoms with van der Waals surface area (Å²) in [7, 11) is 3.21. The number of aromatic nitrogens is 1. The molecule has 27 heavy (non-hydrogen) atoms. The first kappa shape index (κ1) is 19.3. The quantitative estimate of drug-likeness (QED) is 0.598. The number of rotatable bonds is 7. The number of methoxy groups -OCH3 is 2. The van der Waals surface area contributed by atoms with E-state index < -0.39 is 0 Å². The monoisotopic (exact) mass is 432 g/mol. The Bertz CT molecular complexity index is 937. The summed E-state index contributed by atoms with van der Waals surface area (Å²) in [4.78, 5) is 17.8. The number of H-pyrrole nitrogens is 1. The number of ether oxygens (including phenoxy) is 2. The summed E-state index contributed by atoms with van der Waals surface area (Å²) in [5.74, 6) is 1.25. The van der Waals surface area contributed by atoms with Crippen molar-refractivity contribution in [3.63, 3.8) is 0 Å². The second-order valence-corrected chi connectivity index (χ2v) is 6.87. The van der Waals surface area contributed by atoms with E-state index in [1.165, 1.54) is 0 Å². The van der Waals surface area contributed by atoms with Crippen LogP contribution < -0.4 is 9.47 Å².